The van der Waals surface area contributed by atoms with E-state index in [2.05, 4.69) is 9.88 Å². The quantitative estimate of drug-likeness (QED) is 0.855. The fourth-order valence-corrected chi connectivity index (χ4v) is 1.99. The second-order valence-electron chi connectivity index (χ2n) is 3.99. The molecule has 90 valence electrons. The minimum atomic E-state index is 0.329. The van der Waals surface area contributed by atoms with Crippen molar-refractivity contribution in [2.45, 2.75) is 19.8 Å². The van der Waals surface area contributed by atoms with Crippen molar-refractivity contribution in [2.75, 3.05) is 30.3 Å². The molecule has 0 saturated carbocycles. The van der Waals surface area contributed by atoms with E-state index in [1.165, 1.54) is 12.8 Å². The first-order valence-electron chi connectivity index (χ1n) is 5.84. The van der Waals surface area contributed by atoms with E-state index in [4.69, 9.17) is 15.7 Å². The highest BCUT2D eigenvalue weighted by atomic mass is 16.5. The average Bonchev–Trinajstić information content (AvgIpc) is 2.82. The molecule has 0 aromatic carbocycles. The number of pyridine rings is 1. The Morgan fingerprint density at radius 1 is 1.53 bits per heavy atom. The summed E-state index contributed by atoms with van der Waals surface area (Å²) in [7, 11) is 0. The highest BCUT2D eigenvalue weighted by Gasteiger charge is 2.18. The van der Waals surface area contributed by atoms with E-state index in [1.807, 2.05) is 13.0 Å². The van der Waals surface area contributed by atoms with Gasteiger partial charge in [0.15, 0.2) is 0 Å². The first-order chi connectivity index (χ1) is 8.26. The molecule has 1 aliphatic heterocycles. The summed E-state index contributed by atoms with van der Waals surface area (Å²) in [5.41, 5.74) is 6.63. The number of hydrogen-bond donors (Lipinski definition) is 1. The third-order valence-corrected chi connectivity index (χ3v) is 2.83. The third-order valence-electron chi connectivity index (χ3n) is 2.83. The van der Waals surface area contributed by atoms with Crippen LogP contribution in [0.2, 0.25) is 0 Å². The van der Waals surface area contributed by atoms with E-state index in [1.54, 1.807) is 6.07 Å². The van der Waals surface area contributed by atoms with Crippen LogP contribution in [-0.4, -0.2) is 24.7 Å². The van der Waals surface area contributed by atoms with Crippen molar-refractivity contribution < 1.29 is 4.74 Å². The molecule has 0 amide bonds. The number of hydrogen-bond acceptors (Lipinski definition) is 5. The minimum absolute atomic E-state index is 0.329. The molecule has 1 aliphatic rings. The minimum Gasteiger partial charge on any atom is -0.477 e. The lowest BCUT2D eigenvalue weighted by Gasteiger charge is -2.18. The Bertz CT molecular complexity index is 447. The highest BCUT2D eigenvalue weighted by molar-refractivity contribution is 5.64. The lowest BCUT2D eigenvalue weighted by atomic mass is 10.2. The SMILES string of the molecule is CCOc1nc(N2CCCC2)cc(N)c1C#N. The zero-order chi connectivity index (χ0) is 12.3. The van der Waals surface area contributed by atoms with Gasteiger partial charge in [-0.3, -0.25) is 0 Å². The first-order valence-corrected chi connectivity index (χ1v) is 5.84. The van der Waals surface area contributed by atoms with Crippen molar-refractivity contribution in [3.05, 3.63) is 11.6 Å². The third kappa shape index (κ3) is 2.26. The molecular weight excluding hydrogens is 216 g/mol. The van der Waals surface area contributed by atoms with E-state index in [0.717, 1.165) is 18.9 Å². The van der Waals surface area contributed by atoms with Crippen LogP contribution in [0, 0.1) is 11.3 Å². The fraction of sp³-hybridized carbons (Fsp3) is 0.500. The van der Waals surface area contributed by atoms with Crippen LogP contribution in [0.15, 0.2) is 6.07 Å². The van der Waals surface area contributed by atoms with Crippen LogP contribution < -0.4 is 15.4 Å². The van der Waals surface area contributed by atoms with Crippen LogP contribution in [0.25, 0.3) is 0 Å². The van der Waals surface area contributed by atoms with Crippen molar-refractivity contribution in [3.8, 4) is 11.9 Å². The molecule has 17 heavy (non-hydrogen) atoms. The van der Waals surface area contributed by atoms with Gasteiger partial charge in [0.05, 0.1) is 12.3 Å². The summed E-state index contributed by atoms with van der Waals surface area (Å²) >= 11 is 0. The van der Waals surface area contributed by atoms with Gasteiger partial charge in [0, 0.05) is 19.2 Å². The van der Waals surface area contributed by atoms with Gasteiger partial charge in [0.25, 0.3) is 0 Å². The summed E-state index contributed by atoms with van der Waals surface area (Å²) in [6.45, 7) is 4.32. The molecule has 0 bridgehead atoms. The van der Waals surface area contributed by atoms with E-state index in [9.17, 15) is 0 Å². The Labute approximate surface area is 101 Å². The smallest absolute Gasteiger partial charge is 0.235 e. The second kappa shape index (κ2) is 4.91. The highest BCUT2D eigenvalue weighted by Crippen LogP contribution is 2.28. The Balaban J connectivity index is 2.38. The fourth-order valence-electron chi connectivity index (χ4n) is 1.99. The summed E-state index contributed by atoms with van der Waals surface area (Å²) in [6.07, 6.45) is 2.34. The molecule has 0 atom stereocenters. The van der Waals surface area contributed by atoms with Gasteiger partial charge in [-0.1, -0.05) is 0 Å². The van der Waals surface area contributed by atoms with E-state index >= 15 is 0 Å². The Kier molecular flexibility index (Phi) is 3.33. The number of anilines is 2. The van der Waals surface area contributed by atoms with Crippen molar-refractivity contribution >= 4 is 11.5 Å². The zero-order valence-electron chi connectivity index (χ0n) is 9.94. The first kappa shape index (κ1) is 11.5. The normalized spacial score (nSPS) is 14.7. The van der Waals surface area contributed by atoms with Crippen LogP contribution in [-0.2, 0) is 0 Å². The van der Waals surface area contributed by atoms with Gasteiger partial charge in [-0.2, -0.15) is 10.2 Å². The number of nitrogens with two attached hydrogens (primary N) is 1. The molecule has 1 aromatic heterocycles. The van der Waals surface area contributed by atoms with Gasteiger partial charge in [-0.15, -0.1) is 0 Å². The predicted molar refractivity (Wildman–Crippen MR) is 66.0 cm³/mol. The number of nitriles is 1. The van der Waals surface area contributed by atoms with E-state index in [0.29, 0.717) is 23.7 Å². The van der Waals surface area contributed by atoms with Crippen molar-refractivity contribution in [2.24, 2.45) is 0 Å². The maximum Gasteiger partial charge on any atom is 0.235 e. The maximum atomic E-state index is 9.02. The molecule has 2 N–H and O–H groups in total. The average molecular weight is 232 g/mol. The molecule has 0 spiro atoms. The Morgan fingerprint density at radius 2 is 2.24 bits per heavy atom. The van der Waals surface area contributed by atoms with Crippen LogP contribution in [0.1, 0.15) is 25.3 Å². The molecular formula is C12H16N4O. The number of nitrogens with zero attached hydrogens (tertiary/aromatic N) is 3. The topological polar surface area (TPSA) is 75.2 Å². The van der Waals surface area contributed by atoms with Gasteiger partial charge in [0.2, 0.25) is 5.88 Å². The van der Waals surface area contributed by atoms with Gasteiger partial charge in [-0.25, -0.2) is 0 Å². The van der Waals surface area contributed by atoms with E-state index < -0.39 is 0 Å². The summed E-state index contributed by atoms with van der Waals surface area (Å²) in [4.78, 5) is 6.54. The van der Waals surface area contributed by atoms with Crippen molar-refractivity contribution in [1.29, 1.82) is 5.26 Å². The van der Waals surface area contributed by atoms with Gasteiger partial charge >= 0.3 is 0 Å². The monoisotopic (exact) mass is 232 g/mol. The molecule has 5 heteroatoms. The maximum absolute atomic E-state index is 9.02. The molecule has 1 aromatic rings. The van der Waals surface area contributed by atoms with Crippen molar-refractivity contribution in [3.63, 3.8) is 0 Å². The zero-order valence-corrected chi connectivity index (χ0v) is 9.94. The Morgan fingerprint density at radius 3 is 2.82 bits per heavy atom. The molecule has 0 aliphatic carbocycles. The largest absolute Gasteiger partial charge is 0.477 e. The van der Waals surface area contributed by atoms with Crippen LogP contribution >= 0.6 is 0 Å². The lowest BCUT2D eigenvalue weighted by Crippen LogP contribution is -2.19. The summed E-state index contributed by atoms with van der Waals surface area (Å²) < 4.78 is 5.37. The molecule has 1 saturated heterocycles. The number of nitrogen functional groups attached to an aromatic ring is 1. The number of ether oxygens (including phenoxy) is 1. The second-order valence-corrected chi connectivity index (χ2v) is 3.99. The Hall–Kier alpha value is -1.96. The molecule has 0 unspecified atom stereocenters. The van der Waals surface area contributed by atoms with Crippen LogP contribution in [0.5, 0.6) is 5.88 Å². The van der Waals surface area contributed by atoms with Crippen molar-refractivity contribution in [1.82, 2.24) is 4.98 Å². The predicted octanol–water partition coefficient (Wildman–Crippen LogP) is 1.53. The molecule has 1 fully saturated rings. The summed E-state index contributed by atoms with van der Waals surface area (Å²) in [5, 5.41) is 9.02. The molecule has 2 heterocycles. The standard InChI is InChI=1S/C12H16N4O/c1-2-17-12-9(8-13)10(14)7-11(15-12)16-5-3-4-6-16/h7H,2-6H2,1H3,(H2,14,15). The van der Waals surface area contributed by atoms with Gasteiger partial charge in [-0.05, 0) is 19.8 Å². The van der Waals surface area contributed by atoms with Crippen LogP contribution in [0.4, 0.5) is 11.5 Å². The number of rotatable bonds is 3. The number of aromatic nitrogens is 1. The lowest BCUT2D eigenvalue weighted by molar-refractivity contribution is 0.326. The van der Waals surface area contributed by atoms with Gasteiger partial charge in [0.1, 0.15) is 17.5 Å². The molecule has 2 rings (SSSR count). The van der Waals surface area contributed by atoms with Crippen LogP contribution in [0.3, 0.4) is 0 Å². The summed E-state index contributed by atoms with van der Waals surface area (Å²) in [5.74, 6) is 1.15. The summed E-state index contributed by atoms with van der Waals surface area (Å²) in [6, 6.07) is 3.79. The molecule has 0 radical (unpaired) electrons. The molecule has 5 nitrogen and oxygen atoms in total. The van der Waals surface area contributed by atoms with Gasteiger partial charge < -0.3 is 15.4 Å². The van der Waals surface area contributed by atoms with E-state index in [-0.39, 0.29) is 0 Å².